The lowest BCUT2D eigenvalue weighted by atomic mass is 10.2. The molecule has 1 amide bonds. The van der Waals surface area contributed by atoms with Crippen LogP contribution in [0.2, 0.25) is 0 Å². The number of rotatable bonds is 8. The normalized spacial score (nSPS) is 11.8. The van der Waals surface area contributed by atoms with Crippen LogP contribution in [0.3, 0.4) is 0 Å². The number of carbonyl (C=O) groups excluding carboxylic acids is 1. The highest BCUT2D eigenvalue weighted by molar-refractivity contribution is 5.93. The molecule has 112 valence electrons. The number of nitrogens with one attached hydrogen (secondary N) is 1. The van der Waals surface area contributed by atoms with Crippen molar-refractivity contribution in [3.63, 3.8) is 0 Å². The molecule has 3 N–H and O–H groups in total. The van der Waals surface area contributed by atoms with Gasteiger partial charge in [-0.05, 0) is 25.5 Å². The molecule has 0 saturated carbocycles. The lowest BCUT2D eigenvalue weighted by molar-refractivity contribution is -0.676. The van der Waals surface area contributed by atoms with Gasteiger partial charge in [-0.25, -0.2) is 0 Å². The molecule has 0 aromatic heterocycles. The summed E-state index contributed by atoms with van der Waals surface area (Å²) < 4.78 is 10.4. The summed E-state index contributed by atoms with van der Waals surface area (Å²) in [5.74, 6) is 1.27. The maximum atomic E-state index is 12.0. The summed E-state index contributed by atoms with van der Waals surface area (Å²) in [5, 5.41) is 4.91. The Labute approximate surface area is 120 Å². The minimum Gasteiger partial charge on any atom is -0.497 e. The number of nitrogens with two attached hydrogens (primary N) is 1. The molecule has 0 aliphatic heterocycles. The number of anilines is 1. The Balaban J connectivity index is 2.60. The lowest BCUT2D eigenvalue weighted by Crippen LogP contribution is -2.91. The van der Waals surface area contributed by atoms with Crippen LogP contribution in [-0.4, -0.2) is 32.7 Å². The molecule has 0 fully saturated rings. The van der Waals surface area contributed by atoms with E-state index >= 15 is 0 Å². The number of hydrogen-bond acceptors (Lipinski definition) is 3. The molecular weight excluding hydrogens is 256 g/mol. The quantitative estimate of drug-likeness (QED) is 0.757. The van der Waals surface area contributed by atoms with Crippen LogP contribution in [0.5, 0.6) is 11.5 Å². The van der Waals surface area contributed by atoms with Crippen LogP contribution in [0.25, 0.3) is 0 Å². The highest BCUT2D eigenvalue weighted by Crippen LogP contribution is 2.28. The van der Waals surface area contributed by atoms with E-state index in [1.165, 1.54) is 0 Å². The predicted molar refractivity (Wildman–Crippen MR) is 79.3 cm³/mol. The molecule has 0 bridgehead atoms. The Hall–Kier alpha value is -1.75. The molecule has 1 aromatic rings. The van der Waals surface area contributed by atoms with E-state index in [9.17, 15) is 4.79 Å². The van der Waals surface area contributed by atoms with Gasteiger partial charge in [0.2, 0.25) is 0 Å². The highest BCUT2D eigenvalue weighted by atomic mass is 16.5. The van der Waals surface area contributed by atoms with Gasteiger partial charge in [0.25, 0.3) is 5.91 Å². The minimum atomic E-state index is -0.0421. The summed E-state index contributed by atoms with van der Waals surface area (Å²) in [7, 11) is 3.17. The SMILES string of the molecule is CCC[C@H](C)[NH2+]CC(=O)Nc1cc(OC)ccc1OC. The zero-order valence-electron chi connectivity index (χ0n) is 12.7. The number of carbonyl (C=O) groups is 1. The summed E-state index contributed by atoms with van der Waals surface area (Å²) >= 11 is 0. The van der Waals surface area contributed by atoms with Gasteiger partial charge in [-0.1, -0.05) is 13.3 Å². The average Bonchev–Trinajstić information content (AvgIpc) is 2.45. The monoisotopic (exact) mass is 281 g/mol. The topological polar surface area (TPSA) is 64.2 Å². The zero-order valence-corrected chi connectivity index (χ0v) is 12.7. The Bertz CT molecular complexity index is 435. The van der Waals surface area contributed by atoms with E-state index in [1.54, 1.807) is 32.4 Å². The molecule has 0 heterocycles. The first-order valence-corrected chi connectivity index (χ1v) is 6.95. The van der Waals surface area contributed by atoms with Crippen LogP contribution in [0.4, 0.5) is 5.69 Å². The molecule has 0 aliphatic carbocycles. The van der Waals surface area contributed by atoms with Gasteiger partial charge in [0.05, 0.1) is 25.9 Å². The van der Waals surface area contributed by atoms with E-state index in [-0.39, 0.29) is 5.91 Å². The van der Waals surface area contributed by atoms with Crippen molar-refractivity contribution >= 4 is 11.6 Å². The van der Waals surface area contributed by atoms with E-state index < -0.39 is 0 Å². The molecule has 0 spiro atoms. The number of methoxy groups -OCH3 is 2. The Morgan fingerprint density at radius 3 is 2.70 bits per heavy atom. The molecule has 1 rings (SSSR count). The molecule has 1 atom stereocenters. The fourth-order valence-corrected chi connectivity index (χ4v) is 1.99. The summed E-state index contributed by atoms with van der Waals surface area (Å²) in [6.45, 7) is 4.68. The third kappa shape index (κ3) is 5.09. The molecule has 1 aromatic carbocycles. The number of hydrogen-bond donors (Lipinski definition) is 2. The molecule has 0 radical (unpaired) electrons. The molecule has 5 nitrogen and oxygen atoms in total. The number of benzene rings is 1. The van der Waals surface area contributed by atoms with Crippen LogP contribution >= 0.6 is 0 Å². The molecule has 0 saturated heterocycles. The van der Waals surface area contributed by atoms with E-state index in [0.717, 1.165) is 12.8 Å². The zero-order chi connectivity index (χ0) is 15.0. The van der Waals surface area contributed by atoms with E-state index in [2.05, 4.69) is 19.2 Å². The first-order chi connectivity index (χ1) is 9.60. The summed E-state index contributed by atoms with van der Waals surface area (Å²) in [4.78, 5) is 12.0. The van der Waals surface area contributed by atoms with E-state index in [4.69, 9.17) is 9.47 Å². The minimum absolute atomic E-state index is 0.0421. The van der Waals surface area contributed by atoms with E-state index in [1.807, 2.05) is 5.32 Å². The average molecular weight is 281 g/mol. The molecule has 0 aliphatic rings. The second-order valence-electron chi connectivity index (χ2n) is 4.82. The third-order valence-corrected chi connectivity index (χ3v) is 3.13. The van der Waals surface area contributed by atoms with Crippen molar-refractivity contribution in [2.24, 2.45) is 0 Å². The van der Waals surface area contributed by atoms with Crippen molar-refractivity contribution in [1.29, 1.82) is 0 Å². The smallest absolute Gasteiger partial charge is 0.279 e. The van der Waals surface area contributed by atoms with Gasteiger partial charge in [0.1, 0.15) is 11.5 Å². The molecular formula is C15H25N2O3+. The molecule has 0 unspecified atom stereocenters. The Morgan fingerprint density at radius 1 is 1.35 bits per heavy atom. The maximum absolute atomic E-state index is 12.0. The van der Waals surface area contributed by atoms with Gasteiger partial charge in [-0.3, -0.25) is 4.79 Å². The van der Waals surface area contributed by atoms with Gasteiger partial charge in [-0.15, -0.1) is 0 Å². The first kappa shape index (κ1) is 16.3. The fraction of sp³-hybridized carbons (Fsp3) is 0.533. The maximum Gasteiger partial charge on any atom is 0.279 e. The van der Waals surface area contributed by atoms with Gasteiger partial charge in [0, 0.05) is 6.07 Å². The van der Waals surface area contributed by atoms with Gasteiger partial charge >= 0.3 is 0 Å². The largest absolute Gasteiger partial charge is 0.497 e. The number of ether oxygens (including phenoxy) is 2. The van der Waals surface area contributed by atoms with Crippen LogP contribution in [-0.2, 0) is 4.79 Å². The van der Waals surface area contributed by atoms with Crippen LogP contribution in [0, 0.1) is 0 Å². The highest BCUT2D eigenvalue weighted by Gasteiger charge is 2.12. The number of quaternary nitrogens is 1. The molecule has 5 heteroatoms. The van der Waals surface area contributed by atoms with Crippen molar-refractivity contribution in [2.45, 2.75) is 32.7 Å². The van der Waals surface area contributed by atoms with Crippen molar-refractivity contribution in [1.82, 2.24) is 0 Å². The van der Waals surface area contributed by atoms with Crippen LogP contribution in [0.15, 0.2) is 18.2 Å². The van der Waals surface area contributed by atoms with Crippen molar-refractivity contribution in [2.75, 3.05) is 26.1 Å². The number of amides is 1. The third-order valence-electron chi connectivity index (χ3n) is 3.13. The Morgan fingerprint density at radius 2 is 2.10 bits per heavy atom. The predicted octanol–water partition coefficient (Wildman–Crippen LogP) is 1.39. The Kier molecular flexibility index (Phi) is 6.87. The van der Waals surface area contributed by atoms with Crippen LogP contribution in [0.1, 0.15) is 26.7 Å². The van der Waals surface area contributed by atoms with Gasteiger partial charge < -0.3 is 20.1 Å². The van der Waals surface area contributed by atoms with Gasteiger partial charge in [0.15, 0.2) is 6.54 Å². The van der Waals surface area contributed by atoms with Crippen molar-refractivity contribution < 1.29 is 19.6 Å². The summed E-state index contributed by atoms with van der Waals surface area (Å²) in [6.07, 6.45) is 2.23. The van der Waals surface area contributed by atoms with E-state index in [0.29, 0.717) is 29.8 Å². The molecule has 20 heavy (non-hydrogen) atoms. The fourth-order valence-electron chi connectivity index (χ4n) is 1.99. The van der Waals surface area contributed by atoms with Gasteiger partial charge in [-0.2, -0.15) is 0 Å². The second-order valence-corrected chi connectivity index (χ2v) is 4.82. The van der Waals surface area contributed by atoms with Crippen molar-refractivity contribution in [3.8, 4) is 11.5 Å². The standard InChI is InChI=1S/C15H24N2O3/c1-5-6-11(2)16-10-15(18)17-13-9-12(19-3)7-8-14(13)20-4/h7-9,11,16H,5-6,10H2,1-4H3,(H,17,18)/p+1/t11-/m0/s1. The summed E-state index contributed by atoms with van der Waals surface area (Å²) in [5.41, 5.74) is 0.633. The van der Waals surface area contributed by atoms with Crippen LogP contribution < -0.4 is 20.1 Å². The first-order valence-electron chi connectivity index (χ1n) is 6.95. The summed E-state index contributed by atoms with van der Waals surface area (Å²) in [6, 6.07) is 5.78. The second kappa shape index (κ2) is 8.43. The van der Waals surface area contributed by atoms with Crippen molar-refractivity contribution in [3.05, 3.63) is 18.2 Å². The lowest BCUT2D eigenvalue weighted by Gasteiger charge is -2.12.